The minimum atomic E-state index is -5.06. The second-order valence-electron chi connectivity index (χ2n) is 11.5. The maximum absolute atomic E-state index is 14.0. The van der Waals surface area contributed by atoms with E-state index in [0.717, 1.165) is 38.7 Å². The van der Waals surface area contributed by atoms with Crippen molar-refractivity contribution in [1.29, 1.82) is 0 Å². The fraction of sp³-hybridized carbons (Fsp3) is 0.500. The molecule has 1 aromatic carbocycles. The summed E-state index contributed by atoms with van der Waals surface area (Å²) in [7, 11) is 2.00. The Morgan fingerprint density at radius 1 is 1.09 bits per heavy atom. The van der Waals surface area contributed by atoms with Crippen LogP contribution in [0.15, 0.2) is 30.5 Å². The monoisotopic (exact) mass is 647 g/mol. The summed E-state index contributed by atoms with van der Waals surface area (Å²) in [5.41, 5.74) is -1.34. The summed E-state index contributed by atoms with van der Waals surface area (Å²) in [6.07, 6.45) is -2.86. The summed E-state index contributed by atoms with van der Waals surface area (Å²) in [5, 5.41) is 13.5. The van der Waals surface area contributed by atoms with Gasteiger partial charge in [0.05, 0.1) is 42.0 Å². The van der Waals surface area contributed by atoms with Gasteiger partial charge >= 0.3 is 6.18 Å². The molecule has 2 aromatic heterocycles. The number of hydrogen-bond acceptors (Lipinski definition) is 9. The largest absolute Gasteiger partial charge is 0.434 e. The number of hydrogen-bond donors (Lipinski definition) is 2. The summed E-state index contributed by atoms with van der Waals surface area (Å²) in [6.45, 7) is 9.63. The lowest BCUT2D eigenvalue weighted by Gasteiger charge is -2.39. The number of piperazine rings is 1. The predicted octanol–water partition coefficient (Wildman–Crippen LogP) is 2.97. The van der Waals surface area contributed by atoms with Crippen molar-refractivity contribution in [2.45, 2.75) is 32.5 Å². The molecule has 2 N–H and O–H groups in total. The molecule has 0 radical (unpaired) electrons. The number of aryl methyl sites for hydroxylation is 1. The Morgan fingerprint density at radius 2 is 1.85 bits per heavy atom. The van der Waals surface area contributed by atoms with E-state index in [0.29, 0.717) is 44.2 Å². The van der Waals surface area contributed by atoms with E-state index in [2.05, 4.69) is 35.7 Å². The van der Waals surface area contributed by atoms with Gasteiger partial charge in [-0.15, -0.1) is 5.10 Å². The van der Waals surface area contributed by atoms with Crippen molar-refractivity contribution >= 4 is 23.2 Å². The van der Waals surface area contributed by atoms with Gasteiger partial charge < -0.3 is 25.2 Å². The van der Waals surface area contributed by atoms with Gasteiger partial charge in [-0.25, -0.2) is 9.67 Å². The first-order valence-corrected chi connectivity index (χ1v) is 15.1. The van der Waals surface area contributed by atoms with E-state index in [1.54, 1.807) is 18.2 Å². The first kappa shape index (κ1) is 33.2. The third-order valence-corrected chi connectivity index (χ3v) is 8.22. The molecule has 4 heterocycles. The second kappa shape index (κ2) is 14.1. The van der Waals surface area contributed by atoms with E-state index in [9.17, 15) is 27.2 Å². The number of pyridine rings is 1. The highest BCUT2D eigenvalue weighted by molar-refractivity contribution is 6.07. The zero-order chi connectivity index (χ0) is 33.0. The average molecular weight is 648 g/mol. The Kier molecular flexibility index (Phi) is 10.2. The number of alkyl halides is 3. The molecule has 0 aliphatic carbocycles. The highest BCUT2D eigenvalue weighted by Gasteiger charge is 2.38. The van der Waals surface area contributed by atoms with E-state index >= 15 is 0 Å². The van der Waals surface area contributed by atoms with Crippen LogP contribution in [-0.4, -0.2) is 114 Å². The molecule has 2 saturated heterocycles. The number of morpholine rings is 1. The first-order chi connectivity index (χ1) is 21.9. The number of benzene rings is 1. The number of rotatable bonds is 9. The van der Waals surface area contributed by atoms with Crippen LogP contribution < -0.4 is 15.5 Å². The van der Waals surface area contributed by atoms with Crippen molar-refractivity contribution in [1.82, 2.24) is 35.1 Å². The number of anilines is 2. The van der Waals surface area contributed by atoms with E-state index in [1.807, 2.05) is 18.9 Å². The number of likely N-dealkylation sites (N-methyl/N-ethyl adjacent to an activating group) is 1. The molecule has 0 bridgehead atoms. The highest BCUT2D eigenvalue weighted by atomic mass is 19.4. The van der Waals surface area contributed by atoms with Crippen molar-refractivity contribution in [3.05, 3.63) is 58.9 Å². The fourth-order valence-corrected chi connectivity index (χ4v) is 5.39. The van der Waals surface area contributed by atoms with Crippen LogP contribution in [-0.2, 0) is 10.9 Å². The molecule has 0 unspecified atom stereocenters. The van der Waals surface area contributed by atoms with Gasteiger partial charge in [0.1, 0.15) is 0 Å². The van der Waals surface area contributed by atoms with Crippen LogP contribution in [0.25, 0.3) is 5.69 Å². The molecule has 16 heteroatoms. The van der Waals surface area contributed by atoms with Gasteiger partial charge in [0.25, 0.3) is 11.8 Å². The summed E-state index contributed by atoms with van der Waals surface area (Å²) >= 11 is 0. The Hall–Kier alpha value is -4.15. The van der Waals surface area contributed by atoms with Crippen molar-refractivity contribution in [2.24, 2.45) is 0 Å². The fourth-order valence-electron chi connectivity index (χ4n) is 5.39. The third kappa shape index (κ3) is 7.79. The van der Waals surface area contributed by atoms with Crippen molar-refractivity contribution < 1.29 is 31.9 Å². The Balaban J connectivity index is 1.37. The van der Waals surface area contributed by atoms with Crippen LogP contribution in [0, 0.1) is 12.9 Å². The van der Waals surface area contributed by atoms with Gasteiger partial charge in [-0.05, 0) is 58.1 Å². The zero-order valence-electron chi connectivity index (χ0n) is 25.9. The molecular weight excluding hydrogens is 610 g/mol. The van der Waals surface area contributed by atoms with E-state index in [1.165, 1.54) is 17.8 Å². The molecule has 0 saturated carbocycles. The third-order valence-electron chi connectivity index (χ3n) is 8.22. The second-order valence-corrected chi connectivity index (χ2v) is 11.5. The number of aromatic nitrogens is 4. The molecule has 0 spiro atoms. The van der Waals surface area contributed by atoms with Gasteiger partial charge in [0.2, 0.25) is 5.95 Å². The van der Waals surface area contributed by atoms with Gasteiger partial charge in [-0.1, -0.05) is 5.21 Å². The summed E-state index contributed by atoms with van der Waals surface area (Å²) in [4.78, 5) is 35.6. The van der Waals surface area contributed by atoms with Crippen LogP contribution in [0.5, 0.6) is 0 Å². The molecule has 248 valence electrons. The number of ether oxygens (including phenoxy) is 1. The van der Waals surface area contributed by atoms with Crippen LogP contribution in [0.1, 0.15) is 45.4 Å². The lowest BCUT2D eigenvalue weighted by molar-refractivity contribution is -0.141. The quantitative estimate of drug-likeness (QED) is 0.205. The van der Waals surface area contributed by atoms with Crippen LogP contribution in [0.3, 0.4) is 0 Å². The van der Waals surface area contributed by atoms with Crippen LogP contribution >= 0.6 is 0 Å². The molecule has 2 amide bonds. The molecule has 5 rings (SSSR count). The Morgan fingerprint density at radius 3 is 2.57 bits per heavy atom. The number of carbonyl (C=O) groups is 2. The molecule has 12 nitrogen and oxygen atoms in total. The van der Waals surface area contributed by atoms with Gasteiger partial charge in [0, 0.05) is 50.9 Å². The van der Waals surface area contributed by atoms with Gasteiger partial charge in [-0.2, -0.15) is 17.6 Å². The minimum Gasteiger partial charge on any atom is -0.379 e. The maximum Gasteiger partial charge on any atom is 0.434 e. The Labute approximate surface area is 263 Å². The number of halogens is 4. The van der Waals surface area contributed by atoms with Crippen LogP contribution in [0.4, 0.5) is 28.9 Å². The first-order valence-electron chi connectivity index (χ1n) is 15.1. The normalized spacial score (nSPS) is 18.1. The average Bonchev–Trinajstić information content (AvgIpc) is 3.52. The van der Waals surface area contributed by atoms with E-state index < -0.39 is 35.2 Å². The lowest BCUT2D eigenvalue weighted by atomic mass is 10.1. The summed E-state index contributed by atoms with van der Waals surface area (Å²) in [5.74, 6) is -2.80. The molecule has 2 fully saturated rings. The smallest absolute Gasteiger partial charge is 0.379 e. The van der Waals surface area contributed by atoms with E-state index in [4.69, 9.17) is 4.74 Å². The van der Waals surface area contributed by atoms with Gasteiger partial charge in [-0.3, -0.25) is 14.5 Å². The number of carbonyl (C=O) groups excluding carboxylic acids is 2. The summed E-state index contributed by atoms with van der Waals surface area (Å²) in [6, 6.07) is 6.01. The lowest BCUT2D eigenvalue weighted by Crippen LogP contribution is -2.50. The van der Waals surface area contributed by atoms with Gasteiger partial charge in [0.15, 0.2) is 11.4 Å². The van der Waals surface area contributed by atoms with Crippen molar-refractivity contribution in [2.75, 3.05) is 76.3 Å². The van der Waals surface area contributed by atoms with Crippen LogP contribution in [0.2, 0.25) is 0 Å². The molecule has 3 aromatic rings. The number of nitrogens with zero attached hydrogens (tertiary/aromatic N) is 7. The Bertz CT molecular complexity index is 1560. The number of amides is 2. The molecule has 2 aliphatic rings. The standard InChI is InChI=1S/C30H37F4N9O3/c1-19-15-22(26(30(32,33)34)37-27(19)31)28(44)36-23-16-21(5-6-25(23)42-10-9-40(3)20(2)17-42)43-18-24(38-39-43)29(45)35-7-4-8-41-11-13-46-14-12-41/h5-6,15-16,18,20H,4,7-14,17H2,1-3H3,(H,35,45)(H,36,44)/t20-/m0/s1. The number of nitrogens with one attached hydrogen (secondary N) is 2. The molecule has 2 aliphatic heterocycles. The maximum atomic E-state index is 14.0. The molecule has 1 atom stereocenters. The highest BCUT2D eigenvalue weighted by Crippen LogP contribution is 2.34. The molecule has 46 heavy (non-hydrogen) atoms. The topological polar surface area (TPSA) is 121 Å². The predicted molar refractivity (Wildman–Crippen MR) is 162 cm³/mol. The molecular formula is C30H37F4N9O3. The van der Waals surface area contributed by atoms with Crippen molar-refractivity contribution in [3.8, 4) is 5.69 Å². The SMILES string of the molecule is Cc1cc(C(=O)Nc2cc(-n3cc(C(=O)NCCCN4CCOCC4)nn3)ccc2N2CCN(C)[C@@H](C)C2)c(C(F)(F)F)nc1F. The minimum absolute atomic E-state index is 0.0802. The zero-order valence-corrected chi connectivity index (χ0v) is 25.9. The van der Waals surface area contributed by atoms with Crippen molar-refractivity contribution in [3.63, 3.8) is 0 Å². The summed E-state index contributed by atoms with van der Waals surface area (Å²) < 4.78 is 62.0. The van der Waals surface area contributed by atoms with E-state index in [-0.39, 0.29) is 23.0 Å².